The highest BCUT2D eigenvalue weighted by Gasteiger charge is 2.25. The number of hydrogen-bond acceptors (Lipinski definition) is 0. The van der Waals surface area contributed by atoms with Crippen molar-refractivity contribution in [1.29, 1.82) is 0 Å². The van der Waals surface area contributed by atoms with E-state index in [2.05, 4.69) is 274 Å². The molecule has 2 aromatic heterocycles. The Kier molecular flexibility index (Phi) is 11.3. The topological polar surface area (TPSA) is 14.2 Å². The van der Waals surface area contributed by atoms with Gasteiger partial charge in [0.15, 0.2) is 5.69 Å². The van der Waals surface area contributed by atoms with Crippen LogP contribution in [0.4, 0.5) is 5.69 Å². The van der Waals surface area contributed by atoms with Gasteiger partial charge < -0.3 is 9.13 Å². The maximum atomic E-state index is 8.99. The van der Waals surface area contributed by atoms with Crippen molar-refractivity contribution in [2.75, 3.05) is 0 Å². The van der Waals surface area contributed by atoms with Crippen LogP contribution in [0.5, 0.6) is 0 Å². The molecular formula is C73H55N3. The predicted molar refractivity (Wildman–Crippen MR) is 322 cm³/mol. The van der Waals surface area contributed by atoms with E-state index in [4.69, 9.17) is 6.57 Å². The van der Waals surface area contributed by atoms with Gasteiger partial charge in [-0.05, 0) is 169 Å². The quantitative estimate of drug-likeness (QED) is 0.135. The van der Waals surface area contributed by atoms with Gasteiger partial charge in [0.2, 0.25) is 0 Å². The van der Waals surface area contributed by atoms with Gasteiger partial charge >= 0.3 is 0 Å². The van der Waals surface area contributed by atoms with Crippen LogP contribution in [-0.4, -0.2) is 9.13 Å². The summed E-state index contributed by atoms with van der Waals surface area (Å²) >= 11 is 0. The molecule has 0 aliphatic carbocycles. The minimum atomic E-state index is 0.586. The first kappa shape index (κ1) is 46.3. The number of hydrogen-bond donors (Lipinski definition) is 0. The van der Waals surface area contributed by atoms with E-state index in [1.54, 1.807) is 0 Å². The first-order chi connectivity index (χ1) is 37.0. The van der Waals surface area contributed by atoms with E-state index in [9.17, 15) is 0 Å². The Hall–Kier alpha value is -9.49. The summed E-state index contributed by atoms with van der Waals surface area (Å²) in [6.45, 7) is 22.0. The Morgan fingerprint density at radius 3 is 0.987 bits per heavy atom. The van der Waals surface area contributed by atoms with Gasteiger partial charge in [-0.15, -0.1) is 0 Å². The summed E-state index contributed by atoms with van der Waals surface area (Å²) in [5, 5.41) is 4.65. The highest BCUT2D eigenvalue weighted by molar-refractivity contribution is 6.14. The lowest BCUT2D eigenvalue weighted by atomic mass is 9.93. The lowest BCUT2D eigenvalue weighted by Crippen LogP contribution is -2.02. The highest BCUT2D eigenvalue weighted by Crippen LogP contribution is 2.47. The van der Waals surface area contributed by atoms with Crippen LogP contribution in [0.1, 0.15) is 33.4 Å². The summed E-state index contributed by atoms with van der Waals surface area (Å²) in [5.41, 5.74) is 27.7. The molecule has 0 saturated heterocycles. The van der Waals surface area contributed by atoms with Crippen LogP contribution >= 0.6 is 0 Å². The van der Waals surface area contributed by atoms with Crippen LogP contribution < -0.4 is 0 Å². The number of aromatic nitrogens is 2. The maximum absolute atomic E-state index is 8.99. The van der Waals surface area contributed by atoms with Crippen molar-refractivity contribution >= 4 is 49.3 Å². The van der Waals surface area contributed by atoms with E-state index in [1.165, 1.54) is 77.5 Å². The van der Waals surface area contributed by atoms with Gasteiger partial charge in [-0.3, -0.25) is 0 Å². The third kappa shape index (κ3) is 8.07. The molecule has 0 atom stereocenters. The van der Waals surface area contributed by atoms with Crippen LogP contribution in [0.3, 0.4) is 0 Å². The molecule has 3 heteroatoms. The average molecular weight is 974 g/mol. The zero-order valence-electron chi connectivity index (χ0n) is 43.7. The molecule has 0 aliphatic heterocycles. The molecular weight excluding hydrogens is 919 g/mol. The number of nitrogens with zero attached hydrogens (tertiary/aromatic N) is 3. The van der Waals surface area contributed by atoms with Crippen LogP contribution in [-0.2, 0) is 0 Å². The smallest absolute Gasteiger partial charge is 0.197 e. The minimum absolute atomic E-state index is 0.586. The number of rotatable bonds is 8. The monoisotopic (exact) mass is 973 g/mol. The van der Waals surface area contributed by atoms with Crippen molar-refractivity contribution in [3.8, 4) is 78.1 Å². The number of benzene rings is 11. The van der Waals surface area contributed by atoms with Gasteiger partial charge in [0.05, 0.1) is 34.3 Å². The minimum Gasteiger partial charge on any atom is -0.310 e. The SMILES string of the molecule is [C-]#[N+]c1cccc(-n2c3ccc(-c4cccc(C)c4)cc3c3cc(-c4cccc(C)c4)ccc32)c1-c1cc(-c2cc(C)cc(C)c2)ccc1-n1c2ccc(-c3cccc(C)c3)cc2c2cc(-c3cccc(C)c3)ccc21. The van der Waals surface area contributed by atoms with E-state index >= 15 is 0 Å². The molecule has 3 nitrogen and oxygen atoms in total. The predicted octanol–water partition coefficient (Wildman–Crippen LogP) is 20.3. The summed E-state index contributed by atoms with van der Waals surface area (Å²) in [5.74, 6) is 0. The molecule has 0 N–H and O–H groups in total. The maximum Gasteiger partial charge on any atom is 0.197 e. The lowest BCUT2D eigenvalue weighted by molar-refractivity contribution is 1.16. The Bertz CT molecular complexity index is 4320. The standard InChI is InChI=1S/C73H55N3/c1-45-13-8-17-51(34-45)55-23-28-67-61(40-55)62-41-56(52-18-9-14-46(2)35-52)24-29-68(62)75(67)71-32-27-59(60-38-49(5)33-50(6)39-60)44-65(71)73-66(74-7)21-12-22-72(73)76-69-30-25-57(53-19-10-15-47(3)36-53)42-63(69)64-43-58(26-31-70(64)76)54-20-11-16-48(4)37-54/h8-44H,1-6H3. The van der Waals surface area contributed by atoms with Crippen LogP contribution in [0, 0.1) is 48.1 Å². The van der Waals surface area contributed by atoms with Gasteiger partial charge in [0.25, 0.3) is 0 Å². The van der Waals surface area contributed by atoms with Crippen molar-refractivity contribution in [3.05, 3.63) is 269 Å². The Balaban J connectivity index is 1.12. The normalized spacial score (nSPS) is 11.5. The molecule has 11 aromatic carbocycles. The molecule has 2 heterocycles. The number of fused-ring (bicyclic) bond motifs is 6. The van der Waals surface area contributed by atoms with Crippen molar-refractivity contribution in [3.63, 3.8) is 0 Å². The summed E-state index contributed by atoms with van der Waals surface area (Å²) in [7, 11) is 0. The molecule has 13 rings (SSSR count). The van der Waals surface area contributed by atoms with Crippen molar-refractivity contribution in [2.24, 2.45) is 0 Å². The van der Waals surface area contributed by atoms with Crippen molar-refractivity contribution < 1.29 is 0 Å². The summed E-state index contributed by atoms with van der Waals surface area (Å²) in [6.07, 6.45) is 0. The molecule has 0 unspecified atom stereocenters. The fraction of sp³-hybridized carbons (Fsp3) is 0.0822. The number of aryl methyl sites for hydroxylation is 6. The highest BCUT2D eigenvalue weighted by atomic mass is 15.0. The Labute approximate surface area is 445 Å². The molecule has 13 aromatic rings. The fourth-order valence-corrected chi connectivity index (χ4v) is 11.9. The Morgan fingerprint density at radius 2 is 0.605 bits per heavy atom. The van der Waals surface area contributed by atoms with Crippen LogP contribution in [0.15, 0.2) is 224 Å². The summed E-state index contributed by atoms with van der Waals surface area (Å²) < 4.78 is 4.86. The van der Waals surface area contributed by atoms with E-state index in [0.29, 0.717) is 5.69 Å². The van der Waals surface area contributed by atoms with Crippen LogP contribution in [0.2, 0.25) is 0 Å². The average Bonchev–Trinajstić information content (AvgIpc) is 4.03. The third-order valence-corrected chi connectivity index (χ3v) is 15.4. The van der Waals surface area contributed by atoms with Gasteiger partial charge in [0, 0.05) is 32.8 Å². The molecule has 0 spiro atoms. The second-order valence-corrected chi connectivity index (χ2v) is 21.0. The second-order valence-electron chi connectivity index (χ2n) is 21.0. The first-order valence-electron chi connectivity index (χ1n) is 26.2. The van der Waals surface area contributed by atoms with E-state index in [1.807, 2.05) is 6.07 Å². The van der Waals surface area contributed by atoms with Crippen LogP contribution in [0.25, 0.3) is 127 Å². The second kappa shape index (κ2) is 18.5. The summed E-state index contributed by atoms with van der Waals surface area (Å²) in [4.78, 5) is 4.41. The van der Waals surface area contributed by atoms with E-state index < -0.39 is 0 Å². The molecule has 76 heavy (non-hydrogen) atoms. The van der Waals surface area contributed by atoms with E-state index in [0.717, 1.165) is 77.6 Å². The molecule has 0 amide bonds. The summed E-state index contributed by atoms with van der Waals surface area (Å²) in [6, 6.07) is 82.7. The first-order valence-corrected chi connectivity index (χ1v) is 26.2. The zero-order valence-corrected chi connectivity index (χ0v) is 43.7. The lowest BCUT2D eigenvalue weighted by Gasteiger charge is -2.21. The molecule has 0 fully saturated rings. The molecule has 0 radical (unpaired) electrons. The van der Waals surface area contributed by atoms with Gasteiger partial charge in [0.1, 0.15) is 0 Å². The molecule has 0 bridgehead atoms. The van der Waals surface area contributed by atoms with Crippen molar-refractivity contribution in [2.45, 2.75) is 41.5 Å². The van der Waals surface area contributed by atoms with Gasteiger partial charge in [-0.1, -0.05) is 191 Å². The van der Waals surface area contributed by atoms with Crippen molar-refractivity contribution in [1.82, 2.24) is 9.13 Å². The molecule has 0 saturated carbocycles. The fourth-order valence-electron chi connectivity index (χ4n) is 11.9. The molecule has 0 aliphatic rings. The van der Waals surface area contributed by atoms with Gasteiger partial charge in [-0.25, -0.2) is 4.85 Å². The molecule has 362 valence electrons. The van der Waals surface area contributed by atoms with Gasteiger partial charge in [-0.2, -0.15) is 0 Å². The Morgan fingerprint density at radius 1 is 0.276 bits per heavy atom. The van der Waals surface area contributed by atoms with E-state index in [-0.39, 0.29) is 0 Å². The zero-order chi connectivity index (χ0) is 51.8. The third-order valence-electron chi connectivity index (χ3n) is 15.4. The largest absolute Gasteiger partial charge is 0.310 e.